The number of hydrogen-bond acceptors (Lipinski definition) is 3. The number of pyridine rings is 1. The average Bonchev–Trinajstić information content (AvgIpc) is 2.79. The molecule has 5 heteroatoms. The number of nitrogens with zero attached hydrogens (tertiary/aromatic N) is 1. The fourth-order valence-corrected chi connectivity index (χ4v) is 2.11. The molecule has 1 amide bonds. The van der Waals surface area contributed by atoms with Crippen molar-refractivity contribution in [2.45, 2.75) is 19.3 Å². The molecular formula is C12H14N2O3. The highest BCUT2D eigenvalue weighted by atomic mass is 16.4. The number of nitrogens with one attached hydrogen (secondary N) is 1. The second kappa shape index (κ2) is 4.95. The van der Waals surface area contributed by atoms with E-state index in [2.05, 4.69) is 10.3 Å². The van der Waals surface area contributed by atoms with Gasteiger partial charge in [0.15, 0.2) is 0 Å². The lowest BCUT2D eigenvalue weighted by molar-refractivity contribution is -0.141. The normalized spacial score (nSPS) is 23.3. The largest absolute Gasteiger partial charge is 0.481 e. The first-order chi connectivity index (χ1) is 8.16. The Balaban J connectivity index is 1.92. The molecule has 2 atom stereocenters. The minimum Gasteiger partial charge on any atom is -0.481 e. The van der Waals surface area contributed by atoms with Gasteiger partial charge in [0.1, 0.15) is 5.82 Å². The Morgan fingerprint density at radius 3 is 2.65 bits per heavy atom. The SMILES string of the molecule is O=C(O)C1CCC(C(=O)Nc2ccccn2)C1. The summed E-state index contributed by atoms with van der Waals surface area (Å²) < 4.78 is 0. The summed E-state index contributed by atoms with van der Waals surface area (Å²) in [5.41, 5.74) is 0. The van der Waals surface area contributed by atoms with Crippen LogP contribution in [0.5, 0.6) is 0 Å². The fourth-order valence-electron chi connectivity index (χ4n) is 2.11. The zero-order chi connectivity index (χ0) is 12.3. The number of carboxylic acid groups (broad SMARTS) is 1. The van der Waals surface area contributed by atoms with E-state index in [1.807, 2.05) is 0 Å². The van der Waals surface area contributed by atoms with Crippen LogP contribution >= 0.6 is 0 Å². The quantitative estimate of drug-likeness (QED) is 0.831. The van der Waals surface area contributed by atoms with Crippen molar-refractivity contribution in [3.63, 3.8) is 0 Å². The Kier molecular flexibility index (Phi) is 3.37. The van der Waals surface area contributed by atoms with Crippen molar-refractivity contribution in [2.75, 3.05) is 5.32 Å². The van der Waals surface area contributed by atoms with Crippen LogP contribution in [-0.2, 0) is 9.59 Å². The minimum absolute atomic E-state index is 0.132. The van der Waals surface area contributed by atoms with Crippen molar-refractivity contribution in [1.82, 2.24) is 4.98 Å². The van der Waals surface area contributed by atoms with E-state index < -0.39 is 5.97 Å². The maximum Gasteiger partial charge on any atom is 0.306 e. The minimum atomic E-state index is -0.807. The number of carbonyl (C=O) groups excluding carboxylic acids is 1. The molecule has 17 heavy (non-hydrogen) atoms. The second-order valence-corrected chi connectivity index (χ2v) is 4.25. The van der Waals surface area contributed by atoms with Gasteiger partial charge in [-0.2, -0.15) is 0 Å². The van der Waals surface area contributed by atoms with Gasteiger partial charge in [-0.1, -0.05) is 6.07 Å². The van der Waals surface area contributed by atoms with Gasteiger partial charge in [-0.05, 0) is 31.4 Å². The molecule has 1 aliphatic rings. The molecule has 0 saturated heterocycles. The third-order valence-corrected chi connectivity index (χ3v) is 3.07. The molecule has 0 spiro atoms. The van der Waals surface area contributed by atoms with Crippen LogP contribution in [0.15, 0.2) is 24.4 Å². The average molecular weight is 234 g/mol. The zero-order valence-electron chi connectivity index (χ0n) is 9.30. The predicted molar refractivity (Wildman–Crippen MR) is 61.3 cm³/mol. The molecule has 1 aromatic heterocycles. The highest BCUT2D eigenvalue weighted by Gasteiger charge is 2.33. The van der Waals surface area contributed by atoms with Crippen LogP contribution in [0, 0.1) is 11.8 Å². The molecular weight excluding hydrogens is 220 g/mol. The molecule has 0 aliphatic heterocycles. The van der Waals surface area contributed by atoms with Crippen LogP contribution in [0.3, 0.4) is 0 Å². The Labute approximate surface area is 98.9 Å². The number of carbonyl (C=O) groups is 2. The van der Waals surface area contributed by atoms with E-state index in [0.29, 0.717) is 25.1 Å². The van der Waals surface area contributed by atoms with Crippen molar-refractivity contribution in [2.24, 2.45) is 11.8 Å². The van der Waals surface area contributed by atoms with Crippen molar-refractivity contribution < 1.29 is 14.7 Å². The summed E-state index contributed by atoms with van der Waals surface area (Å²) in [7, 11) is 0. The number of carboxylic acids is 1. The summed E-state index contributed by atoms with van der Waals surface area (Å²) in [6.07, 6.45) is 3.24. The van der Waals surface area contributed by atoms with E-state index in [-0.39, 0.29) is 17.7 Å². The molecule has 0 bridgehead atoms. The molecule has 90 valence electrons. The summed E-state index contributed by atoms with van der Waals surface area (Å²) in [6.45, 7) is 0. The summed E-state index contributed by atoms with van der Waals surface area (Å²) in [5, 5.41) is 11.6. The summed E-state index contributed by atoms with van der Waals surface area (Å²) in [6, 6.07) is 5.27. The number of anilines is 1. The molecule has 2 rings (SSSR count). The molecule has 0 aromatic carbocycles. The van der Waals surface area contributed by atoms with Gasteiger partial charge in [0.25, 0.3) is 0 Å². The van der Waals surface area contributed by atoms with Crippen LogP contribution in [-0.4, -0.2) is 22.0 Å². The Bertz CT molecular complexity index is 419. The van der Waals surface area contributed by atoms with Gasteiger partial charge in [-0.15, -0.1) is 0 Å². The van der Waals surface area contributed by atoms with Crippen LogP contribution in [0.25, 0.3) is 0 Å². The number of aromatic nitrogens is 1. The molecule has 1 aromatic rings. The first-order valence-electron chi connectivity index (χ1n) is 5.61. The maximum absolute atomic E-state index is 11.8. The highest BCUT2D eigenvalue weighted by Crippen LogP contribution is 2.31. The van der Waals surface area contributed by atoms with E-state index in [1.165, 1.54) is 0 Å². The molecule has 5 nitrogen and oxygen atoms in total. The molecule has 0 radical (unpaired) electrons. The van der Waals surface area contributed by atoms with Crippen LogP contribution in [0.1, 0.15) is 19.3 Å². The predicted octanol–water partition coefficient (Wildman–Crippen LogP) is 1.52. The molecule has 2 N–H and O–H groups in total. The molecule has 1 fully saturated rings. The molecule has 1 saturated carbocycles. The summed E-state index contributed by atoms with van der Waals surface area (Å²) >= 11 is 0. The van der Waals surface area contributed by atoms with Crippen molar-refractivity contribution in [3.05, 3.63) is 24.4 Å². The topological polar surface area (TPSA) is 79.3 Å². The third kappa shape index (κ3) is 2.81. The zero-order valence-corrected chi connectivity index (χ0v) is 9.30. The van der Waals surface area contributed by atoms with Gasteiger partial charge in [0, 0.05) is 12.1 Å². The lowest BCUT2D eigenvalue weighted by atomic mass is 10.0. The van der Waals surface area contributed by atoms with Crippen LogP contribution in [0.4, 0.5) is 5.82 Å². The first kappa shape index (κ1) is 11.6. The van der Waals surface area contributed by atoms with Gasteiger partial charge >= 0.3 is 5.97 Å². The Morgan fingerprint density at radius 1 is 1.29 bits per heavy atom. The van der Waals surface area contributed by atoms with Gasteiger partial charge < -0.3 is 10.4 Å². The number of aliphatic carboxylic acids is 1. The van der Waals surface area contributed by atoms with Crippen molar-refractivity contribution in [3.8, 4) is 0 Å². The van der Waals surface area contributed by atoms with Crippen LogP contribution in [0.2, 0.25) is 0 Å². The lowest BCUT2D eigenvalue weighted by Crippen LogP contribution is -2.22. The lowest BCUT2D eigenvalue weighted by Gasteiger charge is -2.09. The van der Waals surface area contributed by atoms with Gasteiger partial charge in [0.2, 0.25) is 5.91 Å². The Morgan fingerprint density at radius 2 is 2.06 bits per heavy atom. The van der Waals surface area contributed by atoms with Gasteiger partial charge in [-0.3, -0.25) is 9.59 Å². The van der Waals surface area contributed by atoms with Gasteiger partial charge in [0.05, 0.1) is 5.92 Å². The van der Waals surface area contributed by atoms with E-state index in [4.69, 9.17) is 5.11 Å². The number of rotatable bonds is 3. The summed E-state index contributed by atoms with van der Waals surface area (Å²) in [4.78, 5) is 26.6. The second-order valence-electron chi connectivity index (χ2n) is 4.25. The molecule has 2 unspecified atom stereocenters. The molecule has 1 aliphatic carbocycles. The van der Waals surface area contributed by atoms with E-state index in [1.54, 1.807) is 24.4 Å². The molecule has 1 heterocycles. The monoisotopic (exact) mass is 234 g/mol. The highest BCUT2D eigenvalue weighted by molar-refractivity contribution is 5.92. The standard InChI is InChI=1S/C12H14N2O3/c15-11(14-10-3-1-2-6-13-10)8-4-5-9(7-8)12(16)17/h1-3,6,8-9H,4-5,7H2,(H,16,17)(H,13,14,15). The van der Waals surface area contributed by atoms with E-state index in [9.17, 15) is 9.59 Å². The maximum atomic E-state index is 11.8. The fraction of sp³-hybridized carbons (Fsp3) is 0.417. The number of hydrogen-bond donors (Lipinski definition) is 2. The first-order valence-corrected chi connectivity index (χ1v) is 5.61. The smallest absolute Gasteiger partial charge is 0.306 e. The summed E-state index contributed by atoms with van der Waals surface area (Å²) in [5.74, 6) is -1.02. The van der Waals surface area contributed by atoms with Crippen molar-refractivity contribution in [1.29, 1.82) is 0 Å². The number of amides is 1. The van der Waals surface area contributed by atoms with E-state index >= 15 is 0 Å². The van der Waals surface area contributed by atoms with Crippen LogP contribution < -0.4 is 5.32 Å². The third-order valence-electron chi connectivity index (χ3n) is 3.07. The van der Waals surface area contributed by atoms with Gasteiger partial charge in [-0.25, -0.2) is 4.98 Å². The van der Waals surface area contributed by atoms with Crippen molar-refractivity contribution >= 4 is 17.7 Å². The Hall–Kier alpha value is -1.91. The van der Waals surface area contributed by atoms with E-state index in [0.717, 1.165) is 0 Å².